The van der Waals surface area contributed by atoms with Crippen LogP contribution in [0.25, 0.3) is 0 Å². The number of hydrogen-bond donors (Lipinski definition) is 1. The Kier molecular flexibility index (Phi) is 7.92. The van der Waals surface area contributed by atoms with Crippen LogP contribution in [0.1, 0.15) is 44.7 Å². The number of nitrogens with zero attached hydrogens (tertiary/aromatic N) is 2. The fourth-order valence-corrected chi connectivity index (χ4v) is 4.06. The molecule has 0 aliphatic heterocycles. The lowest BCUT2D eigenvalue weighted by Crippen LogP contribution is -2.33. The van der Waals surface area contributed by atoms with Crippen LogP contribution in [0.3, 0.4) is 0 Å². The van der Waals surface area contributed by atoms with Crippen molar-refractivity contribution in [1.82, 2.24) is 10.3 Å². The van der Waals surface area contributed by atoms with Gasteiger partial charge in [-0.1, -0.05) is 27.7 Å². The number of anilines is 1. The minimum atomic E-state index is 0.517. The lowest BCUT2D eigenvalue weighted by atomic mass is 10.2. The average Bonchev–Trinajstić information content (AvgIpc) is 2.85. The smallest absolute Gasteiger partial charge is 0.185 e. The topological polar surface area (TPSA) is 28.2 Å². The molecule has 116 valence electrons. The molecule has 1 rings (SSSR count). The summed E-state index contributed by atoms with van der Waals surface area (Å²) in [5.41, 5.74) is 1.25. The highest BCUT2D eigenvalue weighted by molar-refractivity contribution is 7.98. The molecule has 0 aliphatic carbocycles. The number of rotatable bonds is 9. The van der Waals surface area contributed by atoms with Crippen LogP contribution in [0.2, 0.25) is 0 Å². The highest BCUT2D eigenvalue weighted by Crippen LogP contribution is 2.28. The first-order valence-corrected chi connectivity index (χ1v) is 9.68. The Balaban J connectivity index is 2.84. The van der Waals surface area contributed by atoms with Crippen molar-refractivity contribution in [2.75, 3.05) is 24.0 Å². The van der Waals surface area contributed by atoms with Crippen LogP contribution in [0.4, 0.5) is 5.13 Å². The van der Waals surface area contributed by atoms with E-state index >= 15 is 0 Å². The molecular formula is C15H29N3S2. The molecule has 0 aliphatic rings. The van der Waals surface area contributed by atoms with Gasteiger partial charge in [0.15, 0.2) is 5.13 Å². The Morgan fingerprint density at radius 1 is 1.35 bits per heavy atom. The van der Waals surface area contributed by atoms with Gasteiger partial charge in [-0.2, -0.15) is 11.8 Å². The highest BCUT2D eigenvalue weighted by atomic mass is 32.2. The van der Waals surface area contributed by atoms with E-state index in [1.807, 2.05) is 23.1 Å². The SMILES string of the molecule is CCc1nc(N(C)C(CC)CSC)sc1CNC(C)C. The molecule has 0 saturated heterocycles. The number of thioether (sulfide) groups is 1. The van der Waals surface area contributed by atoms with Crippen LogP contribution >= 0.6 is 23.1 Å². The lowest BCUT2D eigenvalue weighted by molar-refractivity contribution is 0.590. The van der Waals surface area contributed by atoms with Gasteiger partial charge in [0, 0.05) is 36.3 Å². The van der Waals surface area contributed by atoms with Gasteiger partial charge in [0.2, 0.25) is 0 Å². The van der Waals surface area contributed by atoms with E-state index in [4.69, 9.17) is 4.98 Å². The molecule has 1 N–H and O–H groups in total. The molecule has 0 saturated carbocycles. The first-order chi connectivity index (χ1) is 9.53. The molecule has 3 nitrogen and oxygen atoms in total. The van der Waals surface area contributed by atoms with E-state index in [1.54, 1.807) is 0 Å². The van der Waals surface area contributed by atoms with Crippen molar-refractivity contribution in [3.63, 3.8) is 0 Å². The summed E-state index contributed by atoms with van der Waals surface area (Å²) in [6.45, 7) is 9.76. The monoisotopic (exact) mass is 315 g/mol. The van der Waals surface area contributed by atoms with E-state index in [1.165, 1.54) is 15.7 Å². The second-order valence-corrected chi connectivity index (χ2v) is 7.36. The maximum atomic E-state index is 4.85. The summed E-state index contributed by atoms with van der Waals surface area (Å²) in [7, 11) is 2.18. The summed E-state index contributed by atoms with van der Waals surface area (Å²) in [5.74, 6) is 1.16. The zero-order chi connectivity index (χ0) is 15.1. The second-order valence-electron chi connectivity index (χ2n) is 5.38. The Labute approximate surface area is 132 Å². The van der Waals surface area contributed by atoms with E-state index in [9.17, 15) is 0 Å². The summed E-state index contributed by atoms with van der Waals surface area (Å²) in [6, 6.07) is 1.09. The Hall–Kier alpha value is -0.260. The average molecular weight is 316 g/mol. The standard InChI is InChI=1S/C15H29N3S2/c1-7-12(10-19-6)18(5)15-17-13(8-2)14(20-15)9-16-11(3)4/h11-12,16H,7-10H2,1-6H3. The summed E-state index contributed by atoms with van der Waals surface area (Å²) in [6.07, 6.45) is 4.35. The maximum absolute atomic E-state index is 4.85. The predicted octanol–water partition coefficient (Wildman–Crippen LogP) is 3.78. The molecule has 1 atom stereocenters. The van der Waals surface area contributed by atoms with Gasteiger partial charge in [0.1, 0.15) is 0 Å². The largest absolute Gasteiger partial charge is 0.347 e. The van der Waals surface area contributed by atoms with Gasteiger partial charge in [0.25, 0.3) is 0 Å². The maximum Gasteiger partial charge on any atom is 0.185 e. The molecule has 1 unspecified atom stereocenters. The quantitative estimate of drug-likeness (QED) is 0.750. The van der Waals surface area contributed by atoms with Crippen LogP contribution < -0.4 is 10.2 Å². The van der Waals surface area contributed by atoms with Gasteiger partial charge in [-0.15, -0.1) is 11.3 Å². The van der Waals surface area contributed by atoms with Crippen molar-refractivity contribution in [2.24, 2.45) is 0 Å². The van der Waals surface area contributed by atoms with Gasteiger partial charge >= 0.3 is 0 Å². The van der Waals surface area contributed by atoms with E-state index in [0.29, 0.717) is 12.1 Å². The van der Waals surface area contributed by atoms with E-state index in [0.717, 1.165) is 25.1 Å². The molecule has 1 aromatic rings. The summed E-state index contributed by atoms with van der Waals surface area (Å²) >= 11 is 3.76. The van der Waals surface area contributed by atoms with Crippen LogP contribution in [0, 0.1) is 0 Å². The number of aromatic nitrogens is 1. The molecule has 0 aromatic carbocycles. The fourth-order valence-electron chi connectivity index (χ4n) is 2.08. The van der Waals surface area contributed by atoms with Crippen LogP contribution in [-0.2, 0) is 13.0 Å². The van der Waals surface area contributed by atoms with Gasteiger partial charge in [0.05, 0.1) is 5.69 Å². The second kappa shape index (κ2) is 8.90. The summed E-state index contributed by atoms with van der Waals surface area (Å²) < 4.78 is 0. The molecule has 0 radical (unpaired) electrons. The first-order valence-electron chi connectivity index (χ1n) is 7.47. The Morgan fingerprint density at radius 2 is 2.05 bits per heavy atom. The summed E-state index contributed by atoms with van der Waals surface area (Å²) in [4.78, 5) is 8.60. The van der Waals surface area contributed by atoms with Crippen LogP contribution in [-0.4, -0.2) is 36.1 Å². The van der Waals surface area contributed by atoms with Crippen molar-refractivity contribution in [2.45, 2.75) is 59.2 Å². The number of aryl methyl sites for hydroxylation is 1. The lowest BCUT2D eigenvalue weighted by Gasteiger charge is -2.26. The van der Waals surface area contributed by atoms with E-state index in [-0.39, 0.29) is 0 Å². The molecule has 1 heterocycles. The number of nitrogens with one attached hydrogen (secondary N) is 1. The molecule has 5 heteroatoms. The van der Waals surface area contributed by atoms with Crippen molar-refractivity contribution >= 4 is 28.2 Å². The van der Waals surface area contributed by atoms with Crippen LogP contribution in [0.15, 0.2) is 0 Å². The van der Waals surface area contributed by atoms with Gasteiger partial charge in [-0.25, -0.2) is 4.98 Å². The Morgan fingerprint density at radius 3 is 2.55 bits per heavy atom. The third-order valence-corrected chi connectivity index (χ3v) is 5.36. The predicted molar refractivity (Wildman–Crippen MR) is 94.3 cm³/mol. The van der Waals surface area contributed by atoms with Crippen LogP contribution in [0.5, 0.6) is 0 Å². The van der Waals surface area contributed by atoms with Crippen molar-refractivity contribution in [3.05, 3.63) is 10.6 Å². The zero-order valence-corrected chi connectivity index (χ0v) is 15.3. The molecule has 1 aromatic heterocycles. The van der Waals surface area contributed by atoms with Gasteiger partial charge < -0.3 is 10.2 Å². The normalized spacial score (nSPS) is 12.9. The number of hydrogen-bond acceptors (Lipinski definition) is 5. The molecule has 0 fully saturated rings. The number of thiazole rings is 1. The van der Waals surface area contributed by atoms with Crippen molar-refractivity contribution in [3.8, 4) is 0 Å². The first kappa shape index (κ1) is 17.8. The minimum absolute atomic E-state index is 0.517. The van der Waals surface area contributed by atoms with E-state index < -0.39 is 0 Å². The third kappa shape index (κ3) is 4.93. The highest BCUT2D eigenvalue weighted by Gasteiger charge is 2.18. The fraction of sp³-hybridized carbons (Fsp3) is 0.800. The summed E-state index contributed by atoms with van der Waals surface area (Å²) in [5, 5.41) is 4.67. The van der Waals surface area contributed by atoms with Crippen molar-refractivity contribution < 1.29 is 0 Å². The van der Waals surface area contributed by atoms with E-state index in [2.05, 4.69) is 51.2 Å². The van der Waals surface area contributed by atoms with Gasteiger partial charge in [-0.05, 0) is 19.1 Å². The third-order valence-electron chi connectivity index (χ3n) is 3.45. The molecule has 0 amide bonds. The molecule has 20 heavy (non-hydrogen) atoms. The molecule has 0 spiro atoms. The zero-order valence-electron chi connectivity index (χ0n) is 13.7. The minimum Gasteiger partial charge on any atom is -0.347 e. The molecular weight excluding hydrogens is 286 g/mol. The van der Waals surface area contributed by atoms with Crippen molar-refractivity contribution in [1.29, 1.82) is 0 Å². The molecule has 0 bridgehead atoms. The Bertz CT molecular complexity index is 390. The van der Waals surface area contributed by atoms with Gasteiger partial charge in [-0.3, -0.25) is 0 Å².